The van der Waals surface area contributed by atoms with Crippen molar-refractivity contribution in [2.45, 2.75) is 31.8 Å². The number of ether oxygens (including phenoxy) is 2. The van der Waals surface area contributed by atoms with Crippen molar-refractivity contribution in [2.24, 2.45) is 0 Å². The van der Waals surface area contributed by atoms with Gasteiger partial charge in [-0.1, -0.05) is 0 Å². The van der Waals surface area contributed by atoms with Gasteiger partial charge in [0.1, 0.15) is 11.5 Å². The van der Waals surface area contributed by atoms with Crippen LogP contribution in [0.5, 0.6) is 11.5 Å². The molecule has 0 atom stereocenters. The molecule has 1 aromatic carbocycles. The molecule has 0 bridgehead atoms. The molecule has 1 aromatic rings. The van der Waals surface area contributed by atoms with Crippen LogP contribution in [0.15, 0.2) is 18.2 Å². The fraction of sp³-hybridized carbons (Fsp3) is 0.500. The van der Waals surface area contributed by atoms with Gasteiger partial charge in [-0.3, -0.25) is 0 Å². The van der Waals surface area contributed by atoms with Gasteiger partial charge in [0, 0.05) is 12.1 Å². The first-order chi connectivity index (χ1) is 6.88. The highest BCUT2D eigenvalue weighted by molar-refractivity contribution is 5.31. The Morgan fingerprint density at radius 3 is 2.86 bits per heavy atom. The van der Waals surface area contributed by atoms with Crippen LogP contribution in [-0.2, 0) is 0 Å². The van der Waals surface area contributed by atoms with Crippen LogP contribution >= 0.6 is 0 Å². The van der Waals surface area contributed by atoms with Gasteiger partial charge in [0.2, 0.25) is 0 Å². The SMILES string of the molecule is COc1cc[c]c(OC2CCCC2)c1. The molecule has 0 unspecified atom stereocenters. The van der Waals surface area contributed by atoms with Gasteiger partial charge in [0.05, 0.1) is 13.2 Å². The molecule has 1 aliphatic rings. The summed E-state index contributed by atoms with van der Waals surface area (Å²) in [4.78, 5) is 0. The fourth-order valence-electron chi connectivity index (χ4n) is 1.81. The topological polar surface area (TPSA) is 18.5 Å². The normalized spacial score (nSPS) is 16.9. The van der Waals surface area contributed by atoms with E-state index in [-0.39, 0.29) is 0 Å². The smallest absolute Gasteiger partial charge is 0.131 e. The van der Waals surface area contributed by atoms with Crippen molar-refractivity contribution in [3.8, 4) is 11.5 Å². The highest BCUT2D eigenvalue weighted by Crippen LogP contribution is 2.25. The second-order valence-electron chi connectivity index (χ2n) is 3.62. The lowest BCUT2D eigenvalue weighted by atomic mass is 10.3. The summed E-state index contributed by atoms with van der Waals surface area (Å²) < 4.78 is 10.9. The Morgan fingerprint density at radius 1 is 1.36 bits per heavy atom. The minimum Gasteiger partial charge on any atom is -0.497 e. The molecule has 2 heteroatoms. The van der Waals surface area contributed by atoms with Crippen molar-refractivity contribution >= 4 is 0 Å². The van der Waals surface area contributed by atoms with Crippen LogP contribution in [0.25, 0.3) is 0 Å². The maximum atomic E-state index is 5.78. The van der Waals surface area contributed by atoms with E-state index in [1.165, 1.54) is 25.7 Å². The summed E-state index contributed by atoms with van der Waals surface area (Å²) in [5.74, 6) is 1.63. The fourth-order valence-corrected chi connectivity index (χ4v) is 1.81. The van der Waals surface area contributed by atoms with Crippen molar-refractivity contribution in [2.75, 3.05) is 7.11 Å². The summed E-state index contributed by atoms with van der Waals surface area (Å²) in [6.07, 6.45) is 5.30. The van der Waals surface area contributed by atoms with Crippen LogP contribution in [0.3, 0.4) is 0 Å². The van der Waals surface area contributed by atoms with Crippen LogP contribution in [-0.4, -0.2) is 13.2 Å². The van der Waals surface area contributed by atoms with E-state index >= 15 is 0 Å². The Bertz CT molecular complexity index is 290. The van der Waals surface area contributed by atoms with Crippen LogP contribution in [0.1, 0.15) is 25.7 Å². The average Bonchev–Trinajstić information content (AvgIpc) is 2.71. The zero-order valence-electron chi connectivity index (χ0n) is 8.45. The second kappa shape index (κ2) is 4.36. The van der Waals surface area contributed by atoms with Crippen LogP contribution in [0.4, 0.5) is 0 Å². The number of benzene rings is 1. The summed E-state index contributed by atoms with van der Waals surface area (Å²) in [7, 11) is 1.66. The maximum Gasteiger partial charge on any atom is 0.131 e. The zero-order valence-corrected chi connectivity index (χ0v) is 8.45. The molecule has 1 radical (unpaired) electrons. The quantitative estimate of drug-likeness (QED) is 0.731. The first-order valence-corrected chi connectivity index (χ1v) is 5.11. The minimum absolute atomic E-state index is 0.387. The lowest BCUT2D eigenvalue weighted by molar-refractivity contribution is 0.208. The largest absolute Gasteiger partial charge is 0.497 e. The van der Waals surface area contributed by atoms with E-state index in [0.29, 0.717) is 6.10 Å². The molecule has 0 saturated heterocycles. The highest BCUT2D eigenvalue weighted by Gasteiger charge is 2.16. The van der Waals surface area contributed by atoms with Crippen molar-refractivity contribution in [1.82, 2.24) is 0 Å². The van der Waals surface area contributed by atoms with Crippen LogP contribution in [0.2, 0.25) is 0 Å². The highest BCUT2D eigenvalue weighted by atomic mass is 16.5. The Labute approximate surface area is 84.8 Å². The molecule has 0 spiro atoms. The number of hydrogen-bond acceptors (Lipinski definition) is 2. The standard InChI is InChI=1S/C12H15O2/c1-13-11-7-4-8-12(9-11)14-10-5-2-3-6-10/h4,7,9-10H,2-3,5-6H2,1H3. The summed E-state index contributed by atoms with van der Waals surface area (Å²) in [5, 5.41) is 0. The van der Waals surface area contributed by atoms with E-state index < -0.39 is 0 Å². The third kappa shape index (κ3) is 2.19. The van der Waals surface area contributed by atoms with Crippen molar-refractivity contribution in [3.05, 3.63) is 24.3 Å². The first kappa shape index (κ1) is 9.38. The molecule has 1 aliphatic carbocycles. The van der Waals surface area contributed by atoms with Gasteiger partial charge in [-0.2, -0.15) is 0 Å². The molecule has 1 saturated carbocycles. The van der Waals surface area contributed by atoms with Crippen molar-refractivity contribution < 1.29 is 9.47 Å². The molecule has 1 fully saturated rings. The van der Waals surface area contributed by atoms with Gasteiger partial charge < -0.3 is 9.47 Å². The van der Waals surface area contributed by atoms with Crippen LogP contribution < -0.4 is 9.47 Å². The Kier molecular flexibility index (Phi) is 2.92. The molecule has 0 aliphatic heterocycles. The van der Waals surface area contributed by atoms with Crippen LogP contribution in [0, 0.1) is 6.07 Å². The number of methoxy groups -OCH3 is 1. The Hall–Kier alpha value is -1.18. The van der Waals surface area contributed by atoms with Gasteiger partial charge in [0.25, 0.3) is 0 Å². The predicted octanol–water partition coefficient (Wildman–Crippen LogP) is 2.82. The summed E-state index contributed by atoms with van der Waals surface area (Å²) in [6, 6.07) is 8.67. The average molecular weight is 191 g/mol. The molecule has 2 nitrogen and oxygen atoms in total. The number of hydrogen-bond donors (Lipinski definition) is 0. The van der Waals surface area contributed by atoms with Gasteiger partial charge in [-0.25, -0.2) is 0 Å². The Balaban J connectivity index is 2.00. The van der Waals surface area contributed by atoms with Gasteiger partial charge in [0.15, 0.2) is 0 Å². The van der Waals surface area contributed by atoms with Gasteiger partial charge in [-0.15, -0.1) is 0 Å². The maximum absolute atomic E-state index is 5.78. The Morgan fingerprint density at radius 2 is 2.14 bits per heavy atom. The molecule has 0 heterocycles. The molecule has 0 aromatic heterocycles. The monoisotopic (exact) mass is 191 g/mol. The van der Waals surface area contributed by atoms with E-state index in [0.717, 1.165) is 11.5 Å². The molecular weight excluding hydrogens is 176 g/mol. The third-order valence-corrected chi connectivity index (χ3v) is 2.58. The molecule has 2 rings (SSSR count). The first-order valence-electron chi connectivity index (χ1n) is 5.11. The lowest BCUT2D eigenvalue weighted by Gasteiger charge is -2.12. The van der Waals surface area contributed by atoms with E-state index in [2.05, 4.69) is 6.07 Å². The number of rotatable bonds is 3. The third-order valence-electron chi connectivity index (χ3n) is 2.58. The minimum atomic E-state index is 0.387. The predicted molar refractivity (Wildman–Crippen MR) is 54.7 cm³/mol. The summed E-state index contributed by atoms with van der Waals surface area (Å²) >= 11 is 0. The van der Waals surface area contributed by atoms with E-state index in [1.54, 1.807) is 7.11 Å². The summed E-state index contributed by atoms with van der Waals surface area (Å²) in [6.45, 7) is 0. The zero-order chi connectivity index (χ0) is 9.80. The molecule has 0 N–H and O–H groups in total. The van der Waals surface area contributed by atoms with Crippen molar-refractivity contribution in [1.29, 1.82) is 0 Å². The van der Waals surface area contributed by atoms with E-state index in [1.807, 2.05) is 18.2 Å². The molecule has 0 amide bonds. The lowest BCUT2D eigenvalue weighted by Crippen LogP contribution is -2.10. The molecule has 75 valence electrons. The molecular formula is C12H15O2. The summed E-state index contributed by atoms with van der Waals surface area (Å²) in [5.41, 5.74) is 0. The van der Waals surface area contributed by atoms with Crippen molar-refractivity contribution in [3.63, 3.8) is 0 Å². The molecule has 14 heavy (non-hydrogen) atoms. The van der Waals surface area contributed by atoms with E-state index in [9.17, 15) is 0 Å². The van der Waals surface area contributed by atoms with Gasteiger partial charge >= 0.3 is 0 Å². The van der Waals surface area contributed by atoms with E-state index in [4.69, 9.17) is 9.47 Å². The second-order valence-corrected chi connectivity index (χ2v) is 3.62. The van der Waals surface area contributed by atoms with Gasteiger partial charge in [-0.05, 0) is 37.8 Å².